The van der Waals surface area contributed by atoms with Gasteiger partial charge in [0.25, 0.3) is 5.91 Å². The van der Waals surface area contributed by atoms with Crippen molar-refractivity contribution in [3.8, 4) is 0 Å². The van der Waals surface area contributed by atoms with Crippen LogP contribution in [0.2, 0.25) is 0 Å². The number of hydrogen-bond donors (Lipinski definition) is 1. The third kappa shape index (κ3) is 4.19. The fraction of sp³-hybridized carbons (Fsp3) is 0.200. The Hall–Kier alpha value is -2.08. The Morgan fingerprint density at radius 1 is 1.14 bits per heavy atom. The maximum absolute atomic E-state index is 11.9. The van der Waals surface area contributed by atoms with Crippen LogP contribution >= 0.6 is 15.9 Å². The van der Waals surface area contributed by atoms with Gasteiger partial charge in [0.05, 0.1) is 6.42 Å². The molecule has 1 heterocycles. The van der Waals surface area contributed by atoms with E-state index in [1.165, 1.54) is 0 Å². The Morgan fingerprint density at radius 3 is 2.33 bits per heavy atom. The zero-order valence-corrected chi connectivity index (χ0v) is 13.3. The van der Waals surface area contributed by atoms with Crippen molar-refractivity contribution >= 4 is 33.4 Å². The van der Waals surface area contributed by atoms with E-state index < -0.39 is 0 Å². The number of likely N-dealkylation sites (N-methyl/N-ethyl adjacent to an activating group) is 1. The van der Waals surface area contributed by atoms with E-state index in [0.29, 0.717) is 16.8 Å². The lowest BCUT2D eigenvalue weighted by molar-refractivity contribution is -0.127. The molecular weight excluding hydrogens is 336 g/mol. The number of amides is 2. The topological polar surface area (TPSA) is 62.6 Å². The molecule has 6 heteroatoms. The third-order valence-electron chi connectivity index (χ3n) is 2.86. The van der Waals surface area contributed by atoms with Gasteiger partial charge in [-0.15, -0.1) is 0 Å². The van der Waals surface area contributed by atoms with E-state index >= 15 is 0 Å². The molecule has 110 valence electrons. The van der Waals surface area contributed by atoms with Crippen LogP contribution in [0.5, 0.6) is 0 Å². The molecule has 0 aliphatic heterocycles. The molecule has 0 unspecified atom stereocenters. The first kappa shape index (κ1) is 15.3. The minimum absolute atomic E-state index is 0.0345. The van der Waals surface area contributed by atoms with Gasteiger partial charge < -0.3 is 14.6 Å². The van der Waals surface area contributed by atoms with Gasteiger partial charge in [-0.1, -0.05) is 12.1 Å². The van der Waals surface area contributed by atoms with E-state index in [9.17, 15) is 9.59 Å². The lowest BCUT2D eigenvalue weighted by Gasteiger charge is -2.10. The van der Waals surface area contributed by atoms with Gasteiger partial charge in [-0.05, 0) is 45.8 Å². The van der Waals surface area contributed by atoms with E-state index in [0.717, 1.165) is 5.56 Å². The van der Waals surface area contributed by atoms with Crippen LogP contribution in [-0.4, -0.2) is 30.8 Å². The molecule has 0 aliphatic rings. The van der Waals surface area contributed by atoms with Crippen molar-refractivity contribution in [2.45, 2.75) is 6.42 Å². The first-order valence-corrected chi connectivity index (χ1v) is 7.11. The minimum atomic E-state index is -0.321. The molecule has 0 saturated heterocycles. The first-order valence-electron chi connectivity index (χ1n) is 6.31. The SMILES string of the molecule is CN(C)C(=O)Cc1ccc(NC(=O)c2ccc(Br)o2)cc1. The van der Waals surface area contributed by atoms with E-state index in [1.807, 2.05) is 12.1 Å². The van der Waals surface area contributed by atoms with Crippen LogP contribution in [0.1, 0.15) is 16.1 Å². The van der Waals surface area contributed by atoms with Gasteiger partial charge in [-0.25, -0.2) is 0 Å². The minimum Gasteiger partial charge on any atom is -0.444 e. The molecule has 0 atom stereocenters. The molecule has 5 nitrogen and oxygen atoms in total. The zero-order chi connectivity index (χ0) is 15.4. The van der Waals surface area contributed by atoms with Gasteiger partial charge in [0.1, 0.15) is 0 Å². The standard InChI is InChI=1S/C15H15BrN2O3/c1-18(2)14(19)9-10-3-5-11(6-4-10)17-15(20)12-7-8-13(16)21-12/h3-8H,9H2,1-2H3,(H,17,20). The van der Waals surface area contributed by atoms with Crippen molar-refractivity contribution in [2.75, 3.05) is 19.4 Å². The number of furan rings is 1. The first-order chi connectivity index (χ1) is 9.95. The molecule has 0 bridgehead atoms. The third-order valence-corrected chi connectivity index (χ3v) is 3.29. The normalized spacial score (nSPS) is 10.2. The number of halogens is 1. The second-order valence-electron chi connectivity index (χ2n) is 4.72. The summed E-state index contributed by atoms with van der Waals surface area (Å²) in [6.07, 6.45) is 0.340. The Morgan fingerprint density at radius 2 is 1.81 bits per heavy atom. The van der Waals surface area contributed by atoms with Crippen LogP contribution in [0.3, 0.4) is 0 Å². The van der Waals surface area contributed by atoms with Crippen molar-refractivity contribution in [2.24, 2.45) is 0 Å². The van der Waals surface area contributed by atoms with E-state index in [4.69, 9.17) is 4.42 Å². The van der Waals surface area contributed by atoms with Gasteiger partial charge in [0, 0.05) is 19.8 Å². The van der Waals surface area contributed by atoms with Gasteiger partial charge in [0.15, 0.2) is 10.4 Å². The largest absolute Gasteiger partial charge is 0.444 e. The summed E-state index contributed by atoms with van der Waals surface area (Å²) in [7, 11) is 3.44. The number of nitrogens with one attached hydrogen (secondary N) is 1. The van der Waals surface area contributed by atoms with Gasteiger partial charge >= 0.3 is 0 Å². The molecule has 0 spiro atoms. The molecule has 2 aromatic rings. The maximum Gasteiger partial charge on any atom is 0.291 e. The van der Waals surface area contributed by atoms with Crippen molar-refractivity contribution in [3.63, 3.8) is 0 Å². The van der Waals surface area contributed by atoms with Crippen molar-refractivity contribution in [1.82, 2.24) is 4.90 Å². The Labute approximate surface area is 131 Å². The van der Waals surface area contributed by atoms with Crippen LogP contribution in [0.4, 0.5) is 5.69 Å². The fourth-order valence-electron chi connectivity index (χ4n) is 1.67. The summed E-state index contributed by atoms with van der Waals surface area (Å²) in [5.74, 6) is -0.0567. The average molecular weight is 351 g/mol. The summed E-state index contributed by atoms with van der Waals surface area (Å²) in [4.78, 5) is 25.0. The van der Waals surface area contributed by atoms with Gasteiger partial charge in [0.2, 0.25) is 5.91 Å². The number of carbonyl (C=O) groups is 2. The molecule has 2 amide bonds. The van der Waals surface area contributed by atoms with Crippen LogP contribution in [0.25, 0.3) is 0 Å². The highest BCUT2D eigenvalue weighted by atomic mass is 79.9. The van der Waals surface area contributed by atoms with Crippen LogP contribution in [0.15, 0.2) is 45.5 Å². The Balaban J connectivity index is 1.99. The van der Waals surface area contributed by atoms with Gasteiger partial charge in [-0.2, -0.15) is 0 Å². The number of carbonyl (C=O) groups excluding carboxylic acids is 2. The highest BCUT2D eigenvalue weighted by molar-refractivity contribution is 9.10. The van der Waals surface area contributed by atoms with E-state index in [-0.39, 0.29) is 17.6 Å². The molecular formula is C15H15BrN2O3. The lowest BCUT2D eigenvalue weighted by Crippen LogP contribution is -2.23. The summed E-state index contributed by atoms with van der Waals surface area (Å²) in [5.41, 5.74) is 1.54. The summed E-state index contributed by atoms with van der Waals surface area (Å²) < 4.78 is 5.68. The Bertz CT molecular complexity index is 647. The molecule has 0 radical (unpaired) electrons. The van der Waals surface area contributed by atoms with Crippen molar-refractivity contribution < 1.29 is 14.0 Å². The van der Waals surface area contributed by atoms with E-state index in [1.54, 1.807) is 43.3 Å². The van der Waals surface area contributed by atoms with Crippen molar-refractivity contribution in [3.05, 3.63) is 52.4 Å². The second-order valence-corrected chi connectivity index (χ2v) is 5.50. The highest BCUT2D eigenvalue weighted by Gasteiger charge is 2.11. The summed E-state index contributed by atoms with van der Waals surface area (Å²) in [6, 6.07) is 10.4. The highest BCUT2D eigenvalue weighted by Crippen LogP contribution is 2.16. The van der Waals surface area contributed by atoms with Crippen LogP contribution in [-0.2, 0) is 11.2 Å². The van der Waals surface area contributed by atoms with Crippen LogP contribution in [0, 0.1) is 0 Å². The van der Waals surface area contributed by atoms with E-state index in [2.05, 4.69) is 21.2 Å². The molecule has 0 saturated carbocycles. The average Bonchev–Trinajstić information content (AvgIpc) is 2.87. The lowest BCUT2D eigenvalue weighted by atomic mass is 10.1. The molecule has 1 aromatic heterocycles. The number of anilines is 1. The molecule has 0 fully saturated rings. The zero-order valence-electron chi connectivity index (χ0n) is 11.7. The smallest absolute Gasteiger partial charge is 0.291 e. The molecule has 1 N–H and O–H groups in total. The monoisotopic (exact) mass is 350 g/mol. The Kier molecular flexibility index (Phi) is 4.80. The number of hydrogen-bond acceptors (Lipinski definition) is 3. The number of nitrogens with zero attached hydrogens (tertiary/aromatic N) is 1. The maximum atomic E-state index is 11.9. The molecule has 0 aliphatic carbocycles. The molecule has 2 rings (SSSR count). The predicted octanol–water partition coefficient (Wildman–Crippen LogP) is 2.93. The predicted molar refractivity (Wildman–Crippen MR) is 83.2 cm³/mol. The summed E-state index contributed by atoms with van der Waals surface area (Å²) in [5, 5.41) is 2.73. The van der Waals surface area contributed by atoms with Gasteiger partial charge in [-0.3, -0.25) is 9.59 Å². The number of benzene rings is 1. The van der Waals surface area contributed by atoms with Crippen LogP contribution < -0.4 is 5.32 Å². The quantitative estimate of drug-likeness (QED) is 0.921. The fourth-order valence-corrected chi connectivity index (χ4v) is 1.97. The van der Waals surface area contributed by atoms with Crippen molar-refractivity contribution in [1.29, 1.82) is 0 Å². The molecule has 1 aromatic carbocycles. The summed E-state index contributed by atoms with van der Waals surface area (Å²) >= 11 is 3.15. The molecule has 21 heavy (non-hydrogen) atoms. The number of rotatable bonds is 4. The second kappa shape index (κ2) is 6.58. The summed E-state index contributed by atoms with van der Waals surface area (Å²) in [6.45, 7) is 0.